The number of ether oxygens (including phenoxy) is 1. The number of nitrogens with one attached hydrogen (secondary N) is 1. The molecule has 0 aliphatic heterocycles. The number of hydrogen-bond donors (Lipinski definition) is 2. The molecule has 102 valence electrons. The number of aliphatic hydroxyl groups is 1. The van der Waals surface area contributed by atoms with Gasteiger partial charge in [0.1, 0.15) is 12.4 Å². The van der Waals surface area contributed by atoms with E-state index in [-0.39, 0.29) is 6.10 Å². The van der Waals surface area contributed by atoms with Crippen molar-refractivity contribution < 1.29 is 9.84 Å². The van der Waals surface area contributed by atoms with Crippen LogP contribution in [0.5, 0.6) is 5.75 Å². The molecule has 1 aromatic carbocycles. The number of aryl methyl sites for hydroxylation is 1. The average Bonchev–Trinajstić information content (AvgIpc) is 2.37. The first-order valence-electron chi connectivity index (χ1n) is 6.78. The van der Waals surface area contributed by atoms with E-state index in [4.69, 9.17) is 4.74 Å². The number of hydrogen-bond acceptors (Lipinski definition) is 3. The van der Waals surface area contributed by atoms with Crippen molar-refractivity contribution in [2.75, 3.05) is 13.2 Å². The van der Waals surface area contributed by atoms with Gasteiger partial charge in [0.05, 0.1) is 6.10 Å². The highest BCUT2D eigenvalue weighted by atomic mass is 16.5. The second kappa shape index (κ2) is 8.11. The van der Waals surface area contributed by atoms with Gasteiger partial charge in [-0.1, -0.05) is 31.5 Å². The van der Waals surface area contributed by atoms with Gasteiger partial charge >= 0.3 is 0 Å². The Balaban J connectivity index is 2.63. The summed E-state index contributed by atoms with van der Waals surface area (Å²) in [6, 6.07) is 6.16. The van der Waals surface area contributed by atoms with Gasteiger partial charge in [-0.25, -0.2) is 0 Å². The van der Waals surface area contributed by atoms with E-state index >= 15 is 0 Å². The van der Waals surface area contributed by atoms with Crippen LogP contribution in [0, 0.1) is 6.92 Å². The van der Waals surface area contributed by atoms with Gasteiger partial charge in [-0.05, 0) is 32.4 Å². The van der Waals surface area contributed by atoms with Gasteiger partial charge in [0.25, 0.3) is 0 Å². The molecular formula is C15H25NO2. The molecule has 1 aromatic rings. The summed E-state index contributed by atoms with van der Waals surface area (Å²) in [7, 11) is 0. The van der Waals surface area contributed by atoms with E-state index in [2.05, 4.69) is 25.2 Å². The van der Waals surface area contributed by atoms with Crippen molar-refractivity contribution in [1.29, 1.82) is 0 Å². The van der Waals surface area contributed by atoms with Crippen LogP contribution >= 0.6 is 0 Å². The quantitative estimate of drug-likeness (QED) is 0.698. The van der Waals surface area contributed by atoms with E-state index in [1.165, 1.54) is 5.56 Å². The second-order valence-electron chi connectivity index (χ2n) is 4.66. The van der Waals surface area contributed by atoms with Gasteiger partial charge in [0, 0.05) is 12.1 Å². The highest BCUT2D eigenvalue weighted by Gasteiger charge is 2.07. The van der Waals surface area contributed by atoms with Crippen molar-refractivity contribution in [3.8, 4) is 5.75 Å². The fourth-order valence-electron chi connectivity index (χ4n) is 1.69. The molecule has 1 rings (SSSR count). The Hall–Kier alpha value is -1.06. The van der Waals surface area contributed by atoms with Crippen LogP contribution < -0.4 is 10.1 Å². The lowest BCUT2D eigenvalue weighted by molar-refractivity contribution is 0.104. The minimum absolute atomic E-state index is 0.361. The molecule has 3 nitrogen and oxygen atoms in total. The lowest BCUT2D eigenvalue weighted by atomic mass is 10.1. The van der Waals surface area contributed by atoms with Crippen LogP contribution in [0.2, 0.25) is 0 Å². The van der Waals surface area contributed by atoms with Crippen molar-refractivity contribution in [1.82, 2.24) is 5.32 Å². The molecule has 1 unspecified atom stereocenters. The molecule has 0 aromatic heterocycles. The monoisotopic (exact) mass is 251 g/mol. The third-order valence-electron chi connectivity index (χ3n) is 2.86. The standard InChI is InChI=1S/C15H25NO2/c1-4-8-16-10-13-9-12(3)6-7-15(13)18-11-14(17)5-2/h6-7,9,14,16-17H,4-5,8,10-11H2,1-3H3. The van der Waals surface area contributed by atoms with Crippen LogP contribution in [0.15, 0.2) is 18.2 Å². The van der Waals surface area contributed by atoms with E-state index in [1.807, 2.05) is 19.1 Å². The second-order valence-corrected chi connectivity index (χ2v) is 4.66. The normalized spacial score (nSPS) is 12.4. The molecule has 0 heterocycles. The van der Waals surface area contributed by atoms with Crippen molar-refractivity contribution in [3.63, 3.8) is 0 Å². The fourth-order valence-corrected chi connectivity index (χ4v) is 1.69. The maximum atomic E-state index is 9.54. The average molecular weight is 251 g/mol. The third-order valence-corrected chi connectivity index (χ3v) is 2.86. The Kier molecular flexibility index (Phi) is 6.76. The molecule has 0 bridgehead atoms. The summed E-state index contributed by atoms with van der Waals surface area (Å²) in [6.07, 6.45) is 1.45. The summed E-state index contributed by atoms with van der Waals surface area (Å²) in [5.41, 5.74) is 2.39. The van der Waals surface area contributed by atoms with Crippen LogP contribution in [0.1, 0.15) is 37.8 Å². The summed E-state index contributed by atoms with van der Waals surface area (Å²) in [6.45, 7) is 8.36. The fraction of sp³-hybridized carbons (Fsp3) is 0.600. The Morgan fingerprint density at radius 2 is 2.11 bits per heavy atom. The van der Waals surface area contributed by atoms with Gasteiger partial charge < -0.3 is 15.2 Å². The van der Waals surface area contributed by atoms with Crippen LogP contribution in [0.3, 0.4) is 0 Å². The maximum Gasteiger partial charge on any atom is 0.123 e. The first-order chi connectivity index (χ1) is 8.67. The molecule has 0 aliphatic rings. The van der Waals surface area contributed by atoms with E-state index < -0.39 is 0 Å². The number of aliphatic hydroxyl groups excluding tert-OH is 1. The molecular weight excluding hydrogens is 226 g/mol. The lowest BCUT2D eigenvalue weighted by Gasteiger charge is -2.15. The molecule has 0 radical (unpaired) electrons. The van der Waals surface area contributed by atoms with Crippen molar-refractivity contribution in [2.45, 2.75) is 46.3 Å². The smallest absolute Gasteiger partial charge is 0.123 e. The highest BCUT2D eigenvalue weighted by Crippen LogP contribution is 2.20. The van der Waals surface area contributed by atoms with Crippen LogP contribution in [0.25, 0.3) is 0 Å². The molecule has 18 heavy (non-hydrogen) atoms. The SMILES string of the molecule is CCCNCc1cc(C)ccc1OCC(O)CC. The predicted molar refractivity (Wildman–Crippen MR) is 75.0 cm³/mol. The Morgan fingerprint density at radius 3 is 2.78 bits per heavy atom. The molecule has 0 saturated heterocycles. The summed E-state index contributed by atoms with van der Waals surface area (Å²) in [5.74, 6) is 0.872. The Bertz CT molecular complexity index is 352. The van der Waals surface area contributed by atoms with Crippen LogP contribution in [0.4, 0.5) is 0 Å². The van der Waals surface area contributed by atoms with Crippen molar-refractivity contribution in [2.24, 2.45) is 0 Å². The van der Waals surface area contributed by atoms with Crippen LogP contribution in [-0.2, 0) is 6.54 Å². The molecule has 0 saturated carbocycles. The molecule has 0 spiro atoms. The van der Waals surface area contributed by atoms with E-state index in [0.29, 0.717) is 6.61 Å². The Labute approximate surface area is 110 Å². The molecule has 0 aliphatic carbocycles. The zero-order chi connectivity index (χ0) is 13.4. The first kappa shape index (κ1) is 15.0. The van der Waals surface area contributed by atoms with Crippen molar-refractivity contribution in [3.05, 3.63) is 29.3 Å². The zero-order valence-corrected chi connectivity index (χ0v) is 11.7. The molecule has 3 heteroatoms. The molecule has 2 N–H and O–H groups in total. The number of benzene rings is 1. The summed E-state index contributed by atoms with van der Waals surface area (Å²) in [5, 5.41) is 12.9. The topological polar surface area (TPSA) is 41.5 Å². The van der Waals surface area contributed by atoms with Gasteiger partial charge in [-0.15, -0.1) is 0 Å². The first-order valence-corrected chi connectivity index (χ1v) is 6.78. The minimum atomic E-state index is -0.386. The predicted octanol–water partition coefficient (Wildman–Crippen LogP) is 2.64. The molecule has 1 atom stereocenters. The maximum absolute atomic E-state index is 9.54. The van der Waals surface area contributed by atoms with Gasteiger partial charge in [-0.3, -0.25) is 0 Å². The largest absolute Gasteiger partial charge is 0.491 e. The van der Waals surface area contributed by atoms with E-state index in [1.54, 1.807) is 0 Å². The summed E-state index contributed by atoms with van der Waals surface area (Å²) in [4.78, 5) is 0. The van der Waals surface area contributed by atoms with Gasteiger partial charge in [0.15, 0.2) is 0 Å². The van der Waals surface area contributed by atoms with Gasteiger partial charge in [-0.2, -0.15) is 0 Å². The minimum Gasteiger partial charge on any atom is -0.491 e. The van der Waals surface area contributed by atoms with E-state index in [9.17, 15) is 5.11 Å². The summed E-state index contributed by atoms with van der Waals surface area (Å²) < 4.78 is 5.69. The van der Waals surface area contributed by atoms with E-state index in [0.717, 1.165) is 37.2 Å². The Morgan fingerprint density at radius 1 is 1.33 bits per heavy atom. The van der Waals surface area contributed by atoms with Crippen molar-refractivity contribution >= 4 is 0 Å². The molecule has 0 amide bonds. The van der Waals surface area contributed by atoms with Gasteiger partial charge in [0.2, 0.25) is 0 Å². The highest BCUT2D eigenvalue weighted by molar-refractivity contribution is 5.36. The zero-order valence-electron chi connectivity index (χ0n) is 11.7. The van der Waals surface area contributed by atoms with Crippen LogP contribution in [-0.4, -0.2) is 24.4 Å². The lowest BCUT2D eigenvalue weighted by Crippen LogP contribution is -2.18. The molecule has 0 fully saturated rings. The number of rotatable bonds is 8. The summed E-state index contributed by atoms with van der Waals surface area (Å²) >= 11 is 0. The third kappa shape index (κ3) is 5.07.